The van der Waals surface area contributed by atoms with E-state index in [0.29, 0.717) is 12.7 Å². The molecule has 0 amide bonds. The molecule has 1 aromatic rings. The summed E-state index contributed by atoms with van der Waals surface area (Å²) >= 11 is 0. The lowest BCUT2D eigenvalue weighted by Crippen LogP contribution is -2.16. The fourth-order valence-electron chi connectivity index (χ4n) is 1.34. The summed E-state index contributed by atoms with van der Waals surface area (Å²) in [5.41, 5.74) is -0.0411. The largest absolute Gasteiger partial charge is 0.488 e. The molecule has 1 rings (SSSR count). The standard InChI is InChI=1S/C12H15F2NO2/c1-15(2)4-3-5-17-12-10(13)6-9(8-16)7-11(12)14/h6-8H,3-5H2,1-2H3. The zero-order chi connectivity index (χ0) is 12.8. The van der Waals surface area contributed by atoms with Crippen LogP contribution in [0.4, 0.5) is 8.78 Å². The predicted octanol–water partition coefficient (Wildman–Crippen LogP) is 2.11. The van der Waals surface area contributed by atoms with Crippen molar-refractivity contribution in [3.8, 4) is 5.75 Å². The third kappa shape index (κ3) is 4.11. The molecule has 0 fully saturated rings. The second kappa shape index (κ2) is 6.30. The molecule has 0 aliphatic heterocycles. The van der Waals surface area contributed by atoms with Crippen LogP contribution < -0.4 is 4.74 Å². The number of carbonyl (C=O) groups excluding carboxylic acids is 1. The molecule has 0 heterocycles. The highest BCUT2D eigenvalue weighted by Crippen LogP contribution is 2.22. The zero-order valence-electron chi connectivity index (χ0n) is 9.87. The topological polar surface area (TPSA) is 29.5 Å². The molecule has 0 unspecified atom stereocenters. The van der Waals surface area contributed by atoms with Crippen LogP contribution in [0.3, 0.4) is 0 Å². The summed E-state index contributed by atoms with van der Waals surface area (Å²) in [4.78, 5) is 12.3. The molecule has 0 saturated heterocycles. The molecule has 94 valence electrons. The second-order valence-electron chi connectivity index (χ2n) is 3.94. The van der Waals surface area contributed by atoms with Crippen molar-refractivity contribution >= 4 is 6.29 Å². The Balaban J connectivity index is 2.62. The van der Waals surface area contributed by atoms with Gasteiger partial charge in [0.25, 0.3) is 0 Å². The van der Waals surface area contributed by atoms with Crippen molar-refractivity contribution in [2.24, 2.45) is 0 Å². The number of nitrogens with zero attached hydrogens (tertiary/aromatic N) is 1. The average Bonchev–Trinajstić information content (AvgIpc) is 2.26. The van der Waals surface area contributed by atoms with E-state index in [1.807, 2.05) is 19.0 Å². The molecule has 0 aliphatic rings. The first-order chi connectivity index (χ1) is 8.04. The van der Waals surface area contributed by atoms with Crippen molar-refractivity contribution in [3.05, 3.63) is 29.3 Å². The van der Waals surface area contributed by atoms with Crippen molar-refractivity contribution in [3.63, 3.8) is 0 Å². The molecule has 5 heteroatoms. The Hall–Kier alpha value is -1.49. The molecule has 0 N–H and O–H groups in total. The van der Waals surface area contributed by atoms with E-state index in [1.54, 1.807) is 0 Å². The molecule has 0 radical (unpaired) electrons. The molecule has 0 aliphatic carbocycles. The van der Waals surface area contributed by atoms with E-state index in [4.69, 9.17) is 4.74 Å². The maximum Gasteiger partial charge on any atom is 0.190 e. The number of benzene rings is 1. The van der Waals surface area contributed by atoms with Gasteiger partial charge in [-0.3, -0.25) is 4.79 Å². The van der Waals surface area contributed by atoms with E-state index in [9.17, 15) is 13.6 Å². The van der Waals surface area contributed by atoms with Gasteiger partial charge in [0.1, 0.15) is 6.29 Å². The fourth-order valence-corrected chi connectivity index (χ4v) is 1.34. The van der Waals surface area contributed by atoms with E-state index < -0.39 is 17.4 Å². The van der Waals surface area contributed by atoms with Crippen LogP contribution in [0, 0.1) is 11.6 Å². The van der Waals surface area contributed by atoms with Crippen LogP contribution in [0.25, 0.3) is 0 Å². The first-order valence-corrected chi connectivity index (χ1v) is 5.26. The number of hydrogen-bond donors (Lipinski definition) is 0. The highest BCUT2D eigenvalue weighted by molar-refractivity contribution is 5.75. The van der Waals surface area contributed by atoms with Crippen molar-refractivity contribution in [1.82, 2.24) is 4.90 Å². The van der Waals surface area contributed by atoms with E-state index in [0.717, 1.165) is 18.7 Å². The monoisotopic (exact) mass is 243 g/mol. The third-order valence-electron chi connectivity index (χ3n) is 2.15. The fraction of sp³-hybridized carbons (Fsp3) is 0.417. The van der Waals surface area contributed by atoms with Crippen LogP contribution in [0.15, 0.2) is 12.1 Å². The Labute approximate surface area is 99.0 Å². The number of hydrogen-bond acceptors (Lipinski definition) is 3. The lowest BCUT2D eigenvalue weighted by atomic mass is 10.2. The van der Waals surface area contributed by atoms with Gasteiger partial charge in [-0.15, -0.1) is 0 Å². The van der Waals surface area contributed by atoms with Gasteiger partial charge in [-0.2, -0.15) is 0 Å². The molecular weight excluding hydrogens is 228 g/mol. The number of rotatable bonds is 6. The summed E-state index contributed by atoms with van der Waals surface area (Å²) in [6.07, 6.45) is 1.06. The smallest absolute Gasteiger partial charge is 0.190 e. The van der Waals surface area contributed by atoms with Crippen LogP contribution in [-0.2, 0) is 0 Å². The summed E-state index contributed by atoms with van der Waals surface area (Å²) in [7, 11) is 3.81. The number of aldehydes is 1. The zero-order valence-corrected chi connectivity index (χ0v) is 9.87. The highest BCUT2D eigenvalue weighted by Gasteiger charge is 2.12. The van der Waals surface area contributed by atoms with Gasteiger partial charge < -0.3 is 9.64 Å². The SMILES string of the molecule is CN(C)CCCOc1c(F)cc(C=O)cc1F. The minimum Gasteiger partial charge on any atom is -0.488 e. The van der Waals surface area contributed by atoms with Gasteiger partial charge >= 0.3 is 0 Å². The quantitative estimate of drug-likeness (QED) is 0.566. The van der Waals surface area contributed by atoms with Gasteiger partial charge in [0.15, 0.2) is 17.4 Å². The second-order valence-corrected chi connectivity index (χ2v) is 3.94. The maximum absolute atomic E-state index is 13.3. The molecule has 0 spiro atoms. The number of halogens is 2. The summed E-state index contributed by atoms with van der Waals surface area (Å²) in [6, 6.07) is 1.91. The lowest BCUT2D eigenvalue weighted by Gasteiger charge is -2.11. The van der Waals surface area contributed by atoms with E-state index >= 15 is 0 Å². The van der Waals surface area contributed by atoms with Gasteiger partial charge in [-0.1, -0.05) is 0 Å². The van der Waals surface area contributed by atoms with Crippen molar-refractivity contribution < 1.29 is 18.3 Å². The molecule has 0 bridgehead atoms. The normalized spacial score (nSPS) is 10.6. The minimum absolute atomic E-state index is 0.0411. The molecule has 1 aromatic carbocycles. The average molecular weight is 243 g/mol. The summed E-state index contributed by atoms with van der Waals surface area (Å²) in [5, 5.41) is 0. The van der Waals surface area contributed by atoms with Gasteiger partial charge in [0.05, 0.1) is 6.61 Å². The van der Waals surface area contributed by atoms with Gasteiger partial charge in [0.2, 0.25) is 0 Å². The Kier molecular flexibility index (Phi) is 5.03. The first-order valence-electron chi connectivity index (χ1n) is 5.26. The van der Waals surface area contributed by atoms with Crippen molar-refractivity contribution in [2.75, 3.05) is 27.2 Å². The third-order valence-corrected chi connectivity index (χ3v) is 2.15. The predicted molar refractivity (Wildman–Crippen MR) is 60.4 cm³/mol. The van der Waals surface area contributed by atoms with Crippen LogP contribution in [0.1, 0.15) is 16.8 Å². The highest BCUT2D eigenvalue weighted by atomic mass is 19.1. The van der Waals surface area contributed by atoms with E-state index in [2.05, 4.69) is 0 Å². The Morgan fingerprint density at radius 2 is 1.88 bits per heavy atom. The van der Waals surface area contributed by atoms with Crippen LogP contribution in [0.2, 0.25) is 0 Å². The number of carbonyl (C=O) groups is 1. The molecule has 0 saturated carbocycles. The Bertz CT molecular complexity index is 371. The summed E-state index contributed by atoms with van der Waals surface area (Å²) in [5.74, 6) is -2.12. The van der Waals surface area contributed by atoms with Crippen LogP contribution in [-0.4, -0.2) is 38.4 Å². The first kappa shape index (κ1) is 13.6. The molecule has 17 heavy (non-hydrogen) atoms. The van der Waals surface area contributed by atoms with Gasteiger partial charge in [0, 0.05) is 12.1 Å². The van der Waals surface area contributed by atoms with Gasteiger partial charge in [-0.05, 0) is 32.6 Å². The van der Waals surface area contributed by atoms with Crippen LogP contribution >= 0.6 is 0 Å². The Morgan fingerprint density at radius 3 is 2.35 bits per heavy atom. The summed E-state index contributed by atoms with van der Waals surface area (Å²) in [6.45, 7) is 1.00. The summed E-state index contributed by atoms with van der Waals surface area (Å²) < 4.78 is 31.7. The molecule has 0 aromatic heterocycles. The van der Waals surface area contributed by atoms with Crippen molar-refractivity contribution in [2.45, 2.75) is 6.42 Å². The molecule has 0 atom stereocenters. The number of ether oxygens (including phenoxy) is 1. The van der Waals surface area contributed by atoms with E-state index in [-0.39, 0.29) is 12.2 Å². The van der Waals surface area contributed by atoms with Gasteiger partial charge in [-0.25, -0.2) is 8.78 Å². The lowest BCUT2D eigenvalue weighted by molar-refractivity contribution is 0.112. The van der Waals surface area contributed by atoms with Crippen LogP contribution in [0.5, 0.6) is 5.75 Å². The molecular formula is C12H15F2NO2. The molecule has 3 nitrogen and oxygen atoms in total. The van der Waals surface area contributed by atoms with E-state index in [1.165, 1.54) is 0 Å². The Morgan fingerprint density at radius 1 is 1.29 bits per heavy atom. The minimum atomic E-state index is -0.850. The van der Waals surface area contributed by atoms with Crippen molar-refractivity contribution in [1.29, 1.82) is 0 Å². The maximum atomic E-state index is 13.3.